The highest BCUT2D eigenvalue weighted by atomic mass is 35.5. The summed E-state index contributed by atoms with van der Waals surface area (Å²) in [7, 11) is 0. The molecule has 8 heteroatoms. The van der Waals surface area contributed by atoms with Crippen molar-refractivity contribution in [1.82, 2.24) is 19.7 Å². The molecule has 5 aromatic rings. The van der Waals surface area contributed by atoms with E-state index in [0.29, 0.717) is 39.1 Å². The van der Waals surface area contributed by atoms with E-state index >= 15 is 0 Å². The van der Waals surface area contributed by atoms with Gasteiger partial charge >= 0.3 is 0 Å². The predicted octanol–water partition coefficient (Wildman–Crippen LogP) is 5.83. The van der Waals surface area contributed by atoms with E-state index in [0.717, 1.165) is 21.6 Å². The topological polar surface area (TPSA) is 73.8 Å². The molecule has 5 rings (SSSR count). The maximum atomic E-state index is 13.2. The van der Waals surface area contributed by atoms with Gasteiger partial charge in [-0.3, -0.25) is 9.36 Å². The van der Waals surface area contributed by atoms with Gasteiger partial charge in [0.2, 0.25) is 5.82 Å². The Morgan fingerprint density at radius 2 is 1.97 bits per heavy atom. The lowest BCUT2D eigenvalue weighted by Crippen LogP contribution is -2.21. The number of benzene rings is 2. The van der Waals surface area contributed by atoms with Gasteiger partial charge in [-0.2, -0.15) is 4.98 Å². The average molecular weight is 461 g/mol. The van der Waals surface area contributed by atoms with Crippen LogP contribution < -0.4 is 5.56 Å². The van der Waals surface area contributed by atoms with Crippen molar-refractivity contribution < 1.29 is 4.52 Å². The van der Waals surface area contributed by atoms with Crippen molar-refractivity contribution in [1.29, 1.82) is 0 Å². The van der Waals surface area contributed by atoms with Gasteiger partial charge in [-0.15, -0.1) is 11.3 Å². The van der Waals surface area contributed by atoms with E-state index in [1.54, 1.807) is 23.0 Å². The van der Waals surface area contributed by atoms with Crippen LogP contribution >= 0.6 is 22.9 Å². The summed E-state index contributed by atoms with van der Waals surface area (Å²) in [6, 6.07) is 15.2. The molecule has 0 unspecified atom stereocenters. The number of aryl methyl sites for hydroxylation is 1. The molecule has 0 aliphatic carbocycles. The molecule has 0 amide bonds. The van der Waals surface area contributed by atoms with Crippen LogP contribution in [0.4, 0.5) is 0 Å². The second-order valence-corrected chi connectivity index (χ2v) is 8.67. The first-order chi connectivity index (χ1) is 15.5. The van der Waals surface area contributed by atoms with Gasteiger partial charge in [-0.25, -0.2) is 4.98 Å². The van der Waals surface area contributed by atoms with E-state index in [1.807, 2.05) is 49.4 Å². The maximum absolute atomic E-state index is 13.2. The van der Waals surface area contributed by atoms with E-state index in [4.69, 9.17) is 16.1 Å². The third kappa shape index (κ3) is 3.55. The highest BCUT2D eigenvalue weighted by Gasteiger charge is 2.21. The van der Waals surface area contributed by atoms with Crippen molar-refractivity contribution in [2.24, 2.45) is 0 Å². The minimum Gasteiger partial charge on any atom is -0.333 e. The fourth-order valence-electron chi connectivity index (χ4n) is 3.50. The Morgan fingerprint density at radius 1 is 1.19 bits per heavy atom. The van der Waals surface area contributed by atoms with Crippen LogP contribution in [-0.2, 0) is 6.54 Å². The van der Waals surface area contributed by atoms with Crippen molar-refractivity contribution in [3.8, 4) is 22.2 Å². The summed E-state index contributed by atoms with van der Waals surface area (Å²) in [4.78, 5) is 23.6. The number of halogens is 1. The number of fused-ring (bicyclic) bond motifs is 1. The van der Waals surface area contributed by atoms with Crippen molar-refractivity contribution in [2.45, 2.75) is 13.5 Å². The lowest BCUT2D eigenvalue weighted by Gasteiger charge is -2.06. The van der Waals surface area contributed by atoms with Gasteiger partial charge in [0.15, 0.2) is 0 Å². The van der Waals surface area contributed by atoms with E-state index in [9.17, 15) is 4.79 Å². The van der Waals surface area contributed by atoms with Gasteiger partial charge in [0.1, 0.15) is 4.83 Å². The van der Waals surface area contributed by atoms with Gasteiger partial charge < -0.3 is 4.52 Å². The molecular weight excluding hydrogens is 444 g/mol. The maximum Gasteiger partial charge on any atom is 0.268 e. The second kappa shape index (κ2) is 8.18. The standard InChI is InChI=1S/C24H17ClN4O2S/c1-3-15-8-10-16(11-9-15)12-29-13-26-23-19(24(29)30)14(2)20(32-23)22-27-21(28-31-22)17-6-4-5-7-18(17)25/h3-11,13H,1,12H2,2H3. The quantitative estimate of drug-likeness (QED) is 0.330. The molecule has 0 bridgehead atoms. The van der Waals surface area contributed by atoms with Crippen LogP contribution in [0.1, 0.15) is 16.7 Å². The Bertz CT molecular complexity index is 1520. The van der Waals surface area contributed by atoms with E-state index in [2.05, 4.69) is 21.7 Å². The SMILES string of the molecule is C=Cc1ccc(Cn2cnc3sc(-c4nc(-c5ccccc5Cl)no4)c(C)c3c2=O)cc1. The summed E-state index contributed by atoms with van der Waals surface area (Å²) in [6.07, 6.45) is 3.36. The molecule has 2 aromatic carbocycles. The monoisotopic (exact) mass is 460 g/mol. The second-order valence-electron chi connectivity index (χ2n) is 7.26. The number of aromatic nitrogens is 4. The molecule has 0 aliphatic rings. The molecule has 0 radical (unpaired) electrons. The van der Waals surface area contributed by atoms with Crippen molar-refractivity contribution in [3.63, 3.8) is 0 Å². The van der Waals surface area contributed by atoms with Gasteiger partial charge in [0, 0.05) is 5.56 Å². The van der Waals surface area contributed by atoms with Gasteiger partial charge in [0.05, 0.1) is 28.2 Å². The van der Waals surface area contributed by atoms with E-state index < -0.39 is 0 Å². The van der Waals surface area contributed by atoms with Gasteiger partial charge in [0.25, 0.3) is 11.4 Å². The molecule has 0 saturated heterocycles. The van der Waals surface area contributed by atoms with Crippen LogP contribution in [0.5, 0.6) is 0 Å². The number of thiophene rings is 1. The molecule has 0 aliphatic heterocycles. The first-order valence-electron chi connectivity index (χ1n) is 9.84. The average Bonchev–Trinajstić information content (AvgIpc) is 3.41. The molecule has 3 aromatic heterocycles. The summed E-state index contributed by atoms with van der Waals surface area (Å²) >= 11 is 7.61. The predicted molar refractivity (Wildman–Crippen MR) is 128 cm³/mol. The summed E-state index contributed by atoms with van der Waals surface area (Å²) in [5.41, 5.74) is 3.39. The molecule has 3 heterocycles. The summed E-state index contributed by atoms with van der Waals surface area (Å²) in [6.45, 7) is 6.07. The highest BCUT2D eigenvalue weighted by molar-refractivity contribution is 7.22. The van der Waals surface area contributed by atoms with Gasteiger partial charge in [-0.05, 0) is 35.7 Å². The minimum atomic E-state index is -0.103. The fourth-order valence-corrected chi connectivity index (χ4v) is 4.78. The molecule has 158 valence electrons. The zero-order valence-corrected chi connectivity index (χ0v) is 18.7. The molecule has 0 fully saturated rings. The Morgan fingerprint density at radius 3 is 2.72 bits per heavy atom. The molecule has 0 atom stereocenters. The third-order valence-corrected chi connectivity index (χ3v) is 6.74. The fraction of sp³-hybridized carbons (Fsp3) is 0.0833. The molecular formula is C24H17ClN4O2S. The number of hydrogen-bond donors (Lipinski definition) is 0. The van der Waals surface area contributed by atoms with Crippen LogP contribution in [-0.4, -0.2) is 19.7 Å². The van der Waals surface area contributed by atoms with Crippen LogP contribution in [0.15, 0.2) is 70.8 Å². The molecule has 0 N–H and O–H groups in total. The van der Waals surface area contributed by atoms with Crippen molar-refractivity contribution >= 4 is 39.2 Å². The zero-order chi connectivity index (χ0) is 22.2. The smallest absolute Gasteiger partial charge is 0.268 e. The largest absolute Gasteiger partial charge is 0.333 e. The van der Waals surface area contributed by atoms with Crippen LogP contribution in [0, 0.1) is 6.92 Å². The summed E-state index contributed by atoms with van der Waals surface area (Å²) in [5, 5.41) is 5.17. The molecule has 6 nitrogen and oxygen atoms in total. The first-order valence-corrected chi connectivity index (χ1v) is 11.0. The molecule has 32 heavy (non-hydrogen) atoms. The van der Waals surface area contributed by atoms with E-state index in [-0.39, 0.29) is 5.56 Å². The van der Waals surface area contributed by atoms with Crippen LogP contribution in [0.3, 0.4) is 0 Å². The Kier molecular flexibility index (Phi) is 5.20. The zero-order valence-electron chi connectivity index (χ0n) is 17.1. The number of rotatable bonds is 5. The molecule has 0 saturated carbocycles. The third-order valence-electron chi connectivity index (χ3n) is 5.22. The van der Waals surface area contributed by atoms with E-state index in [1.165, 1.54) is 11.3 Å². The summed E-state index contributed by atoms with van der Waals surface area (Å²) < 4.78 is 7.11. The number of hydrogen-bond acceptors (Lipinski definition) is 6. The first kappa shape index (κ1) is 20.4. The summed E-state index contributed by atoms with van der Waals surface area (Å²) in [5.74, 6) is 0.738. The van der Waals surface area contributed by atoms with Crippen molar-refractivity contribution in [3.05, 3.63) is 93.5 Å². The normalized spacial score (nSPS) is 11.2. The highest BCUT2D eigenvalue weighted by Crippen LogP contribution is 2.36. The van der Waals surface area contributed by atoms with Crippen LogP contribution in [0.2, 0.25) is 5.02 Å². The van der Waals surface area contributed by atoms with Crippen LogP contribution in [0.25, 0.3) is 38.4 Å². The Hall–Kier alpha value is -3.55. The minimum absolute atomic E-state index is 0.103. The Labute approximate surface area is 192 Å². The Balaban J connectivity index is 1.53. The molecule has 0 spiro atoms. The van der Waals surface area contributed by atoms with Crippen molar-refractivity contribution in [2.75, 3.05) is 0 Å². The lowest BCUT2D eigenvalue weighted by atomic mass is 10.1. The number of nitrogens with zero attached hydrogens (tertiary/aromatic N) is 4. The van der Waals surface area contributed by atoms with Gasteiger partial charge in [-0.1, -0.05) is 65.8 Å². The lowest BCUT2D eigenvalue weighted by molar-refractivity contribution is 0.433.